The van der Waals surface area contributed by atoms with Gasteiger partial charge in [0.1, 0.15) is 0 Å². The van der Waals surface area contributed by atoms with Crippen LogP contribution in [0.25, 0.3) is 0 Å². The molecule has 0 aliphatic heterocycles. The predicted molar refractivity (Wildman–Crippen MR) is 57.1 cm³/mol. The van der Waals surface area contributed by atoms with Gasteiger partial charge >= 0.3 is 5.97 Å². The van der Waals surface area contributed by atoms with Gasteiger partial charge in [0.25, 0.3) is 5.91 Å². The van der Waals surface area contributed by atoms with Gasteiger partial charge in [-0.2, -0.15) is 5.10 Å². The van der Waals surface area contributed by atoms with E-state index < -0.39 is 5.97 Å². The molecule has 0 aliphatic rings. The van der Waals surface area contributed by atoms with Gasteiger partial charge in [-0.05, 0) is 6.42 Å². The number of carbonyl (C=O) groups is 2. The van der Waals surface area contributed by atoms with Crippen molar-refractivity contribution in [3.8, 4) is 0 Å². The van der Waals surface area contributed by atoms with Crippen molar-refractivity contribution in [3.63, 3.8) is 0 Å². The lowest BCUT2D eigenvalue weighted by molar-refractivity contribution is -0.137. The molecule has 0 atom stereocenters. The van der Waals surface area contributed by atoms with Gasteiger partial charge in [0, 0.05) is 12.7 Å². The second-order valence-corrected chi connectivity index (χ2v) is 3.39. The van der Waals surface area contributed by atoms with Gasteiger partial charge in [-0.3, -0.25) is 14.3 Å². The number of nitrogens with zero attached hydrogens (tertiary/aromatic N) is 2. The molecular weight excluding hydrogens is 210 g/mol. The van der Waals surface area contributed by atoms with Gasteiger partial charge in [0.2, 0.25) is 0 Å². The van der Waals surface area contributed by atoms with Crippen molar-refractivity contribution < 1.29 is 14.7 Å². The minimum atomic E-state index is -0.882. The molecule has 0 fully saturated rings. The minimum absolute atomic E-state index is 0.00228. The maximum Gasteiger partial charge on any atom is 0.305 e. The Bertz CT molecular complexity index is 373. The Morgan fingerprint density at radius 3 is 2.94 bits per heavy atom. The molecule has 16 heavy (non-hydrogen) atoms. The first-order valence-electron chi connectivity index (χ1n) is 5.16. The van der Waals surface area contributed by atoms with Crippen molar-refractivity contribution >= 4 is 11.9 Å². The molecule has 0 aliphatic carbocycles. The number of carboxylic acids is 1. The van der Waals surface area contributed by atoms with Gasteiger partial charge in [-0.1, -0.05) is 6.92 Å². The molecule has 0 aromatic carbocycles. The van der Waals surface area contributed by atoms with Crippen LogP contribution >= 0.6 is 0 Å². The number of hydrogen-bond acceptors (Lipinski definition) is 3. The first-order chi connectivity index (χ1) is 7.63. The SMILES string of the molecule is CCCNC(=O)c1cnn(CCC(=O)O)c1. The van der Waals surface area contributed by atoms with Gasteiger partial charge in [-0.25, -0.2) is 0 Å². The summed E-state index contributed by atoms with van der Waals surface area (Å²) in [6.07, 6.45) is 3.86. The standard InChI is InChI=1S/C10H15N3O3/c1-2-4-11-10(16)8-6-12-13(7-8)5-3-9(14)15/h6-7H,2-5H2,1H3,(H,11,16)(H,14,15). The fourth-order valence-electron chi connectivity index (χ4n) is 1.15. The van der Waals surface area contributed by atoms with Crippen LogP contribution in [0, 0.1) is 0 Å². The Morgan fingerprint density at radius 1 is 1.56 bits per heavy atom. The topological polar surface area (TPSA) is 84.2 Å². The number of aliphatic carboxylic acids is 1. The summed E-state index contributed by atoms with van der Waals surface area (Å²) in [6.45, 7) is 2.87. The maximum absolute atomic E-state index is 11.5. The zero-order chi connectivity index (χ0) is 12.0. The zero-order valence-corrected chi connectivity index (χ0v) is 9.14. The Hall–Kier alpha value is -1.85. The lowest BCUT2D eigenvalue weighted by atomic mass is 10.3. The van der Waals surface area contributed by atoms with E-state index in [1.165, 1.54) is 10.9 Å². The molecule has 6 heteroatoms. The highest BCUT2D eigenvalue weighted by Crippen LogP contribution is 1.99. The average Bonchev–Trinajstić information content (AvgIpc) is 2.71. The van der Waals surface area contributed by atoms with Gasteiger partial charge in [0.05, 0.1) is 24.7 Å². The second-order valence-electron chi connectivity index (χ2n) is 3.39. The van der Waals surface area contributed by atoms with Crippen molar-refractivity contribution in [2.75, 3.05) is 6.54 Å². The van der Waals surface area contributed by atoms with Gasteiger partial charge in [0.15, 0.2) is 0 Å². The van der Waals surface area contributed by atoms with Crippen LogP contribution in [0.15, 0.2) is 12.4 Å². The van der Waals surface area contributed by atoms with E-state index in [1.54, 1.807) is 6.20 Å². The van der Waals surface area contributed by atoms with E-state index in [1.807, 2.05) is 6.92 Å². The Balaban J connectivity index is 2.50. The van der Waals surface area contributed by atoms with E-state index in [-0.39, 0.29) is 18.9 Å². The summed E-state index contributed by atoms with van der Waals surface area (Å²) in [7, 11) is 0. The Kier molecular flexibility index (Phi) is 4.50. The van der Waals surface area contributed by atoms with Crippen LogP contribution in [0.5, 0.6) is 0 Å². The van der Waals surface area contributed by atoms with Crippen molar-refractivity contribution in [1.82, 2.24) is 15.1 Å². The fourth-order valence-corrected chi connectivity index (χ4v) is 1.15. The second kappa shape index (κ2) is 5.89. The number of amides is 1. The number of aryl methyl sites for hydroxylation is 1. The van der Waals surface area contributed by atoms with Gasteiger partial charge < -0.3 is 10.4 Å². The molecule has 1 heterocycles. The molecule has 2 N–H and O–H groups in total. The van der Waals surface area contributed by atoms with Crippen LogP contribution in [0.1, 0.15) is 30.1 Å². The molecule has 0 unspecified atom stereocenters. The van der Waals surface area contributed by atoms with E-state index in [9.17, 15) is 9.59 Å². The molecule has 0 spiro atoms. The van der Waals surface area contributed by atoms with E-state index >= 15 is 0 Å². The molecule has 0 radical (unpaired) electrons. The number of carbonyl (C=O) groups excluding carboxylic acids is 1. The summed E-state index contributed by atoms with van der Waals surface area (Å²) in [4.78, 5) is 21.8. The summed E-state index contributed by atoms with van der Waals surface area (Å²) in [5, 5.41) is 15.1. The van der Waals surface area contributed by atoms with E-state index in [2.05, 4.69) is 10.4 Å². The highest BCUT2D eigenvalue weighted by Gasteiger charge is 2.07. The predicted octanol–water partition coefficient (Wildman–Crippen LogP) is 0.498. The summed E-state index contributed by atoms with van der Waals surface area (Å²) in [5.74, 6) is -1.06. The monoisotopic (exact) mass is 225 g/mol. The van der Waals surface area contributed by atoms with Crippen molar-refractivity contribution in [3.05, 3.63) is 18.0 Å². The summed E-state index contributed by atoms with van der Waals surface area (Å²) >= 11 is 0. The highest BCUT2D eigenvalue weighted by molar-refractivity contribution is 5.93. The minimum Gasteiger partial charge on any atom is -0.481 e. The first kappa shape index (κ1) is 12.2. The molecule has 1 rings (SSSR count). The Labute approximate surface area is 93.3 Å². The van der Waals surface area contributed by atoms with Crippen LogP contribution in [0.4, 0.5) is 0 Å². The molecule has 0 bridgehead atoms. The maximum atomic E-state index is 11.5. The molecule has 0 saturated carbocycles. The van der Waals surface area contributed by atoms with Crippen LogP contribution in [0.2, 0.25) is 0 Å². The average molecular weight is 225 g/mol. The first-order valence-corrected chi connectivity index (χ1v) is 5.16. The number of carboxylic acid groups (broad SMARTS) is 1. The lowest BCUT2D eigenvalue weighted by Gasteiger charge is -1.99. The summed E-state index contributed by atoms with van der Waals surface area (Å²) < 4.78 is 1.45. The molecule has 1 amide bonds. The third-order valence-corrected chi connectivity index (χ3v) is 1.99. The van der Waals surface area contributed by atoms with Crippen molar-refractivity contribution in [2.24, 2.45) is 0 Å². The number of nitrogens with one attached hydrogen (secondary N) is 1. The normalized spacial score (nSPS) is 10.1. The Morgan fingerprint density at radius 2 is 2.31 bits per heavy atom. The number of hydrogen-bond donors (Lipinski definition) is 2. The quantitative estimate of drug-likeness (QED) is 0.738. The van der Waals surface area contributed by atoms with E-state index in [0.29, 0.717) is 12.1 Å². The smallest absolute Gasteiger partial charge is 0.305 e. The molecule has 88 valence electrons. The molecule has 1 aromatic rings. The lowest BCUT2D eigenvalue weighted by Crippen LogP contribution is -2.23. The highest BCUT2D eigenvalue weighted by atomic mass is 16.4. The third-order valence-electron chi connectivity index (χ3n) is 1.99. The van der Waals surface area contributed by atoms with Crippen molar-refractivity contribution in [1.29, 1.82) is 0 Å². The van der Waals surface area contributed by atoms with Gasteiger partial charge in [-0.15, -0.1) is 0 Å². The van der Waals surface area contributed by atoms with E-state index in [4.69, 9.17) is 5.11 Å². The molecular formula is C10H15N3O3. The van der Waals surface area contributed by atoms with Crippen molar-refractivity contribution in [2.45, 2.75) is 26.3 Å². The van der Waals surface area contributed by atoms with Crippen LogP contribution in [-0.2, 0) is 11.3 Å². The third kappa shape index (κ3) is 3.72. The fraction of sp³-hybridized carbons (Fsp3) is 0.500. The summed E-state index contributed by atoms with van der Waals surface area (Å²) in [5.41, 5.74) is 0.457. The van der Waals surface area contributed by atoms with Crippen LogP contribution in [0.3, 0.4) is 0 Å². The molecule has 0 saturated heterocycles. The number of aromatic nitrogens is 2. The summed E-state index contributed by atoms with van der Waals surface area (Å²) in [6, 6.07) is 0. The van der Waals surface area contributed by atoms with Crippen LogP contribution < -0.4 is 5.32 Å². The largest absolute Gasteiger partial charge is 0.481 e. The number of rotatable bonds is 6. The molecule has 1 aromatic heterocycles. The van der Waals surface area contributed by atoms with Crippen LogP contribution in [-0.4, -0.2) is 33.3 Å². The zero-order valence-electron chi connectivity index (χ0n) is 9.14. The van der Waals surface area contributed by atoms with E-state index in [0.717, 1.165) is 6.42 Å². The molecule has 6 nitrogen and oxygen atoms in total.